The molecule has 0 radical (unpaired) electrons. The molecule has 0 aromatic carbocycles. The quantitative estimate of drug-likeness (QED) is 0.733. The van der Waals surface area contributed by atoms with Crippen LogP contribution in [0.3, 0.4) is 0 Å². The minimum Gasteiger partial charge on any atom is -0.444 e. The van der Waals surface area contributed by atoms with E-state index in [0.717, 1.165) is 5.69 Å². The van der Waals surface area contributed by atoms with Crippen molar-refractivity contribution in [1.82, 2.24) is 4.98 Å². The van der Waals surface area contributed by atoms with Gasteiger partial charge in [0.2, 0.25) is 0 Å². The van der Waals surface area contributed by atoms with E-state index in [1.807, 2.05) is 6.92 Å². The van der Waals surface area contributed by atoms with Gasteiger partial charge in [0, 0.05) is 14.0 Å². The lowest BCUT2D eigenvalue weighted by atomic mass is 10.2. The predicted octanol–water partition coefficient (Wildman–Crippen LogP) is 0.938. The van der Waals surface area contributed by atoms with Crippen molar-refractivity contribution in [2.45, 2.75) is 19.9 Å². The van der Waals surface area contributed by atoms with Gasteiger partial charge in [-0.25, -0.2) is 4.98 Å². The first-order valence-corrected chi connectivity index (χ1v) is 3.83. The van der Waals surface area contributed by atoms with Gasteiger partial charge in [0.25, 0.3) is 0 Å². The van der Waals surface area contributed by atoms with Crippen LogP contribution in [0.25, 0.3) is 0 Å². The molecule has 1 aromatic heterocycles. The third kappa shape index (κ3) is 1.84. The summed E-state index contributed by atoms with van der Waals surface area (Å²) in [5.41, 5.74) is 6.61. The van der Waals surface area contributed by atoms with Crippen molar-refractivity contribution < 1.29 is 9.15 Å². The molecule has 4 heteroatoms. The van der Waals surface area contributed by atoms with Gasteiger partial charge in [0.05, 0.1) is 18.3 Å². The fourth-order valence-corrected chi connectivity index (χ4v) is 1.15. The highest BCUT2D eigenvalue weighted by molar-refractivity contribution is 5.11. The highest BCUT2D eigenvalue weighted by atomic mass is 16.5. The molecule has 0 fully saturated rings. The Labute approximate surface area is 71.7 Å². The third-order valence-corrected chi connectivity index (χ3v) is 1.62. The van der Waals surface area contributed by atoms with E-state index in [1.165, 1.54) is 0 Å². The van der Waals surface area contributed by atoms with Gasteiger partial charge in [0.15, 0.2) is 5.89 Å². The standard InChI is InChI=1S/C8H14N2O2/c1-5-8(7(9)4-11-3)12-6(2)10-5/h7H,4,9H2,1-3H3. The van der Waals surface area contributed by atoms with Crippen LogP contribution in [0.1, 0.15) is 23.4 Å². The summed E-state index contributed by atoms with van der Waals surface area (Å²) in [6.07, 6.45) is 0. The first-order chi connectivity index (χ1) is 5.65. The lowest BCUT2D eigenvalue weighted by Crippen LogP contribution is -2.16. The van der Waals surface area contributed by atoms with Gasteiger partial charge in [-0.05, 0) is 6.92 Å². The van der Waals surface area contributed by atoms with Gasteiger partial charge in [-0.1, -0.05) is 0 Å². The number of methoxy groups -OCH3 is 1. The summed E-state index contributed by atoms with van der Waals surface area (Å²) >= 11 is 0. The Kier molecular flexibility index (Phi) is 2.83. The molecule has 0 bridgehead atoms. The number of hydrogen-bond acceptors (Lipinski definition) is 4. The number of oxazole rings is 1. The number of aryl methyl sites for hydroxylation is 2. The highest BCUT2D eigenvalue weighted by Crippen LogP contribution is 2.16. The van der Waals surface area contributed by atoms with E-state index in [0.29, 0.717) is 18.3 Å². The zero-order chi connectivity index (χ0) is 9.14. The number of nitrogens with two attached hydrogens (primary N) is 1. The lowest BCUT2D eigenvalue weighted by molar-refractivity contribution is 0.172. The fourth-order valence-electron chi connectivity index (χ4n) is 1.15. The van der Waals surface area contributed by atoms with Crippen molar-refractivity contribution in [2.24, 2.45) is 5.73 Å². The van der Waals surface area contributed by atoms with E-state index in [1.54, 1.807) is 14.0 Å². The molecule has 0 aliphatic rings. The Balaban J connectivity index is 2.79. The Morgan fingerprint density at radius 2 is 2.25 bits per heavy atom. The summed E-state index contributed by atoms with van der Waals surface area (Å²) in [7, 11) is 1.61. The number of ether oxygens (including phenoxy) is 1. The zero-order valence-corrected chi connectivity index (χ0v) is 7.63. The van der Waals surface area contributed by atoms with Crippen molar-refractivity contribution in [1.29, 1.82) is 0 Å². The monoisotopic (exact) mass is 170 g/mol. The molecule has 0 saturated heterocycles. The molecular weight excluding hydrogens is 156 g/mol. The van der Waals surface area contributed by atoms with E-state index in [-0.39, 0.29) is 6.04 Å². The Morgan fingerprint density at radius 1 is 1.58 bits per heavy atom. The molecular formula is C8H14N2O2. The van der Waals surface area contributed by atoms with Gasteiger partial charge < -0.3 is 14.9 Å². The molecule has 0 aliphatic heterocycles. The Hall–Kier alpha value is -0.870. The second-order valence-corrected chi connectivity index (χ2v) is 2.74. The highest BCUT2D eigenvalue weighted by Gasteiger charge is 2.14. The van der Waals surface area contributed by atoms with E-state index in [9.17, 15) is 0 Å². The minimum absolute atomic E-state index is 0.212. The Bertz CT molecular complexity index is 258. The van der Waals surface area contributed by atoms with Gasteiger partial charge in [-0.15, -0.1) is 0 Å². The zero-order valence-electron chi connectivity index (χ0n) is 7.63. The molecule has 12 heavy (non-hydrogen) atoms. The van der Waals surface area contributed by atoms with Crippen LogP contribution in [0.5, 0.6) is 0 Å². The van der Waals surface area contributed by atoms with Crippen LogP contribution < -0.4 is 5.73 Å². The normalized spacial score (nSPS) is 13.3. The summed E-state index contributed by atoms with van der Waals surface area (Å²) < 4.78 is 10.2. The maximum absolute atomic E-state index is 5.76. The van der Waals surface area contributed by atoms with Crippen LogP contribution in [0.4, 0.5) is 0 Å². The maximum atomic E-state index is 5.76. The molecule has 1 atom stereocenters. The smallest absolute Gasteiger partial charge is 0.191 e. The SMILES string of the molecule is COCC(N)c1oc(C)nc1C. The lowest BCUT2D eigenvalue weighted by Gasteiger charge is -2.06. The second-order valence-electron chi connectivity index (χ2n) is 2.74. The number of nitrogens with zero attached hydrogens (tertiary/aromatic N) is 1. The third-order valence-electron chi connectivity index (χ3n) is 1.62. The molecule has 1 heterocycles. The van der Waals surface area contributed by atoms with E-state index in [2.05, 4.69) is 4.98 Å². The van der Waals surface area contributed by atoms with Gasteiger partial charge in [0.1, 0.15) is 5.76 Å². The van der Waals surface area contributed by atoms with Gasteiger partial charge in [-0.3, -0.25) is 0 Å². The summed E-state index contributed by atoms with van der Waals surface area (Å²) in [4.78, 5) is 4.11. The van der Waals surface area contributed by atoms with Crippen LogP contribution >= 0.6 is 0 Å². The molecule has 68 valence electrons. The molecule has 1 rings (SSSR count). The topological polar surface area (TPSA) is 61.3 Å². The summed E-state index contributed by atoms with van der Waals surface area (Å²) in [6.45, 7) is 4.13. The largest absolute Gasteiger partial charge is 0.444 e. The molecule has 4 nitrogen and oxygen atoms in total. The van der Waals surface area contributed by atoms with Crippen molar-refractivity contribution in [3.8, 4) is 0 Å². The molecule has 0 aliphatic carbocycles. The average molecular weight is 170 g/mol. The molecule has 0 spiro atoms. The van der Waals surface area contributed by atoms with Crippen LogP contribution in [-0.4, -0.2) is 18.7 Å². The fraction of sp³-hybridized carbons (Fsp3) is 0.625. The molecule has 0 amide bonds. The van der Waals surface area contributed by atoms with E-state index >= 15 is 0 Å². The average Bonchev–Trinajstić information content (AvgIpc) is 2.30. The minimum atomic E-state index is -0.212. The predicted molar refractivity (Wildman–Crippen MR) is 44.8 cm³/mol. The summed E-state index contributed by atoms with van der Waals surface area (Å²) in [5, 5.41) is 0. The van der Waals surface area contributed by atoms with Crippen molar-refractivity contribution in [3.05, 3.63) is 17.3 Å². The summed E-state index contributed by atoms with van der Waals surface area (Å²) in [6, 6.07) is -0.212. The Morgan fingerprint density at radius 3 is 2.67 bits per heavy atom. The van der Waals surface area contributed by atoms with Gasteiger partial charge >= 0.3 is 0 Å². The number of aromatic nitrogens is 1. The van der Waals surface area contributed by atoms with Crippen molar-refractivity contribution in [2.75, 3.05) is 13.7 Å². The van der Waals surface area contributed by atoms with Crippen LogP contribution in [0, 0.1) is 13.8 Å². The van der Waals surface area contributed by atoms with Crippen LogP contribution in [-0.2, 0) is 4.74 Å². The van der Waals surface area contributed by atoms with E-state index in [4.69, 9.17) is 14.9 Å². The molecule has 1 aromatic rings. The van der Waals surface area contributed by atoms with Crippen molar-refractivity contribution in [3.63, 3.8) is 0 Å². The number of rotatable bonds is 3. The first kappa shape index (κ1) is 9.22. The molecule has 0 saturated carbocycles. The number of hydrogen-bond donors (Lipinski definition) is 1. The van der Waals surface area contributed by atoms with Crippen LogP contribution in [0.2, 0.25) is 0 Å². The van der Waals surface area contributed by atoms with E-state index < -0.39 is 0 Å². The molecule has 1 unspecified atom stereocenters. The molecule has 2 N–H and O–H groups in total. The van der Waals surface area contributed by atoms with Crippen molar-refractivity contribution >= 4 is 0 Å². The maximum Gasteiger partial charge on any atom is 0.191 e. The van der Waals surface area contributed by atoms with Crippen LogP contribution in [0.15, 0.2) is 4.42 Å². The summed E-state index contributed by atoms with van der Waals surface area (Å²) in [5.74, 6) is 1.36. The van der Waals surface area contributed by atoms with Gasteiger partial charge in [-0.2, -0.15) is 0 Å². The first-order valence-electron chi connectivity index (χ1n) is 3.83. The second kappa shape index (κ2) is 3.69.